The lowest BCUT2D eigenvalue weighted by atomic mass is 10.0. The van der Waals surface area contributed by atoms with E-state index in [-0.39, 0.29) is 48.0 Å². The number of carbonyl (C=O) groups is 3. The van der Waals surface area contributed by atoms with Crippen molar-refractivity contribution in [3.8, 4) is 5.75 Å². The number of nitrogens with zero attached hydrogens (tertiary/aromatic N) is 3. The number of nitrogens with one attached hydrogen (secondary N) is 1. The molecule has 11 heteroatoms. The van der Waals surface area contributed by atoms with Crippen LogP contribution in [0.3, 0.4) is 0 Å². The molecule has 2 aromatic carbocycles. The van der Waals surface area contributed by atoms with Gasteiger partial charge in [0.1, 0.15) is 17.4 Å². The van der Waals surface area contributed by atoms with E-state index in [0.717, 1.165) is 6.54 Å². The maximum absolute atomic E-state index is 15.0. The van der Waals surface area contributed by atoms with Gasteiger partial charge in [-0.25, -0.2) is 9.18 Å². The number of pyridine rings is 1. The van der Waals surface area contributed by atoms with Gasteiger partial charge in [0, 0.05) is 36.6 Å². The second-order valence-corrected chi connectivity index (χ2v) is 9.08. The van der Waals surface area contributed by atoms with Crippen LogP contribution >= 0.6 is 11.6 Å². The van der Waals surface area contributed by atoms with Crippen molar-refractivity contribution in [3.63, 3.8) is 0 Å². The molecule has 0 atom stereocenters. The average Bonchev–Trinajstić information content (AvgIpc) is 3.35. The van der Waals surface area contributed by atoms with Crippen LogP contribution in [0.1, 0.15) is 38.9 Å². The maximum atomic E-state index is 15.0. The van der Waals surface area contributed by atoms with Crippen molar-refractivity contribution >= 4 is 40.8 Å². The number of aromatic nitrogens is 1. The summed E-state index contributed by atoms with van der Waals surface area (Å²) in [7, 11) is 1.86. The number of benzene rings is 2. The largest absolute Gasteiger partial charge is 0.482 e. The summed E-state index contributed by atoms with van der Waals surface area (Å²) in [5, 5.41) is 3.05. The quantitative estimate of drug-likeness (QED) is 0.297. The second kappa shape index (κ2) is 12.5. The number of amides is 1. The maximum Gasteiger partial charge on any atom is 0.344 e. The predicted molar refractivity (Wildman–Crippen MR) is 144 cm³/mol. The number of likely N-dealkylation sites (N-methyl/N-ethyl adjacent to an activating group) is 1. The standard InChI is InChI=1S/C28H26ClFN4O5/c1-3-38-26(36)16-39-20-7-9-24(22(14-20)25(35)13-19-6-5-18(29)15-32-19)33-28(37)21-8-4-17(12-23(21)30)27-31-10-11-34(27)2/h4-9,12,14-15H,3,10-11,13,16H2,1-2H3,(H,33,37). The Balaban J connectivity index is 1.58. The van der Waals surface area contributed by atoms with Crippen LogP contribution in [0.15, 0.2) is 59.7 Å². The number of esters is 1. The molecular formula is C28H26ClFN4O5. The van der Waals surface area contributed by atoms with E-state index in [9.17, 15) is 18.8 Å². The smallest absolute Gasteiger partial charge is 0.344 e. The summed E-state index contributed by atoms with van der Waals surface area (Å²) in [6, 6.07) is 11.8. The Morgan fingerprint density at radius 2 is 1.92 bits per heavy atom. The average molecular weight is 553 g/mol. The zero-order valence-electron chi connectivity index (χ0n) is 21.4. The third-order valence-corrected chi connectivity index (χ3v) is 6.09. The molecular weight excluding hydrogens is 527 g/mol. The molecule has 1 aromatic heterocycles. The van der Waals surface area contributed by atoms with E-state index < -0.39 is 17.7 Å². The third kappa shape index (κ3) is 6.97. The fourth-order valence-electron chi connectivity index (χ4n) is 3.94. The summed E-state index contributed by atoms with van der Waals surface area (Å²) in [6.07, 6.45) is 1.33. The van der Waals surface area contributed by atoms with Gasteiger partial charge in [0.25, 0.3) is 5.91 Å². The molecule has 4 rings (SSSR count). The lowest BCUT2D eigenvalue weighted by Crippen LogP contribution is -2.24. The minimum absolute atomic E-state index is 0.0972. The van der Waals surface area contributed by atoms with Gasteiger partial charge in [0.05, 0.1) is 35.8 Å². The van der Waals surface area contributed by atoms with Gasteiger partial charge < -0.3 is 19.7 Å². The fraction of sp³-hybridized carbons (Fsp3) is 0.250. The number of anilines is 1. The molecule has 1 amide bonds. The summed E-state index contributed by atoms with van der Waals surface area (Å²) in [6.45, 7) is 2.88. The van der Waals surface area contributed by atoms with E-state index in [1.807, 2.05) is 11.9 Å². The molecule has 3 aromatic rings. The van der Waals surface area contributed by atoms with Gasteiger partial charge in [-0.3, -0.25) is 19.6 Å². The minimum Gasteiger partial charge on any atom is -0.482 e. The Kier molecular flexibility index (Phi) is 8.88. The van der Waals surface area contributed by atoms with Crippen LogP contribution in [0, 0.1) is 5.82 Å². The number of Topliss-reactive ketones (excluding diaryl/α,β-unsaturated/α-hetero) is 1. The highest BCUT2D eigenvalue weighted by atomic mass is 35.5. The van der Waals surface area contributed by atoms with E-state index in [0.29, 0.717) is 28.7 Å². The number of rotatable bonds is 10. The number of carbonyl (C=O) groups excluding carboxylic acids is 3. The first kappa shape index (κ1) is 27.7. The highest BCUT2D eigenvalue weighted by Crippen LogP contribution is 2.26. The van der Waals surface area contributed by atoms with Gasteiger partial charge in [-0.15, -0.1) is 0 Å². The number of hydrogen-bond donors (Lipinski definition) is 1. The molecule has 1 N–H and O–H groups in total. The van der Waals surface area contributed by atoms with Crippen LogP contribution < -0.4 is 10.1 Å². The number of amidine groups is 1. The zero-order valence-corrected chi connectivity index (χ0v) is 22.1. The van der Waals surface area contributed by atoms with E-state index in [1.165, 1.54) is 36.5 Å². The molecule has 0 saturated carbocycles. The summed E-state index contributed by atoms with van der Waals surface area (Å²) < 4.78 is 25.3. The van der Waals surface area contributed by atoms with Crippen LogP contribution in [0.5, 0.6) is 5.75 Å². The highest BCUT2D eigenvalue weighted by molar-refractivity contribution is 6.30. The topological polar surface area (TPSA) is 110 Å². The summed E-state index contributed by atoms with van der Waals surface area (Å²) >= 11 is 5.89. The van der Waals surface area contributed by atoms with E-state index in [2.05, 4.69) is 15.3 Å². The Labute approximate surface area is 229 Å². The predicted octanol–water partition coefficient (Wildman–Crippen LogP) is 4.19. The van der Waals surface area contributed by atoms with Crippen molar-refractivity contribution < 1.29 is 28.2 Å². The molecule has 0 bridgehead atoms. The molecule has 39 heavy (non-hydrogen) atoms. The zero-order chi connectivity index (χ0) is 27.9. The number of hydrogen-bond acceptors (Lipinski definition) is 8. The summed E-state index contributed by atoms with van der Waals surface area (Å²) in [5.74, 6) is -1.55. The SMILES string of the molecule is CCOC(=O)COc1ccc(NC(=O)c2ccc(C3=NCCN3C)cc2F)c(C(=O)Cc2ccc(Cl)cn2)c1. The van der Waals surface area contributed by atoms with E-state index in [4.69, 9.17) is 21.1 Å². The Hall–Kier alpha value is -4.31. The van der Waals surface area contributed by atoms with E-state index >= 15 is 0 Å². The van der Waals surface area contributed by atoms with Crippen molar-refractivity contribution in [3.05, 3.63) is 88.0 Å². The van der Waals surface area contributed by atoms with Gasteiger partial charge >= 0.3 is 5.97 Å². The molecule has 0 unspecified atom stereocenters. The Morgan fingerprint density at radius 1 is 1.10 bits per heavy atom. The van der Waals surface area contributed by atoms with Crippen molar-refractivity contribution in [1.29, 1.82) is 0 Å². The normalized spacial score (nSPS) is 12.6. The third-order valence-electron chi connectivity index (χ3n) is 5.86. The van der Waals surface area contributed by atoms with Crippen molar-refractivity contribution in [2.75, 3.05) is 38.7 Å². The van der Waals surface area contributed by atoms with Gasteiger partial charge in [0.2, 0.25) is 0 Å². The van der Waals surface area contributed by atoms with Gasteiger partial charge in [-0.1, -0.05) is 17.7 Å². The molecule has 0 fully saturated rings. The molecule has 2 heterocycles. The summed E-state index contributed by atoms with van der Waals surface area (Å²) in [5.41, 5.74) is 1.08. The monoisotopic (exact) mass is 552 g/mol. The van der Waals surface area contributed by atoms with E-state index in [1.54, 1.807) is 25.1 Å². The number of halogens is 2. The van der Waals surface area contributed by atoms with Crippen LogP contribution in [-0.4, -0.2) is 66.7 Å². The fourth-order valence-corrected chi connectivity index (χ4v) is 4.05. The minimum atomic E-state index is -0.736. The second-order valence-electron chi connectivity index (χ2n) is 8.64. The molecule has 1 aliphatic rings. The van der Waals surface area contributed by atoms with Gasteiger partial charge in [0.15, 0.2) is 12.4 Å². The van der Waals surface area contributed by atoms with Crippen molar-refractivity contribution in [2.24, 2.45) is 4.99 Å². The van der Waals surface area contributed by atoms with Crippen LogP contribution in [0.25, 0.3) is 0 Å². The Morgan fingerprint density at radius 3 is 2.59 bits per heavy atom. The van der Waals surface area contributed by atoms with Crippen LogP contribution in [-0.2, 0) is 16.0 Å². The molecule has 0 spiro atoms. The highest BCUT2D eigenvalue weighted by Gasteiger charge is 2.21. The first-order valence-corrected chi connectivity index (χ1v) is 12.6. The first-order chi connectivity index (χ1) is 18.7. The van der Waals surface area contributed by atoms with Crippen molar-refractivity contribution in [2.45, 2.75) is 13.3 Å². The van der Waals surface area contributed by atoms with Crippen LogP contribution in [0.2, 0.25) is 5.02 Å². The number of aliphatic imine (C=N–C) groups is 1. The lowest BCUT2D eigenvalue weighted by molar-refractivity contribution is -0.145. The van der Waals surface area contributed by atoms with Crippen molar-refractivity contribution in [1.82, 2.24) is 9.88 Å². The lowest BCUT2D eigenvalue weighted by Gasteiger charge is -2.15. The molecule has 0 saturated heterocycles. The molecule has 202 valence electrons. The van der Waals surface area contributed by atoms with Gasteiger partial charge in [-0.05, 0) is 49.4 Å². The van der Waals surface area contributed by atoms with Gasteiger partial charge in [-0.2, -0.15) is 0 Å². The molecule has 0 radical (unpaired) electrons. The number of ether oxygens (including phenoxy) is 2. The first-order valence-electron chi connectivity index (χ1n) is 12.2. The molecule has 1 aliphatic heterocycles. The molecule has 0 aliphatic carbocycles. The van der Waals surface area contributed by atoms with Crippen LogP contribution in [0.4, 0.5) is 10.1 Å². The molecule has 9 nitrogen and oxygen atoms in total. The number of ketones is 1. The Bertz CT molecular complexity index is 1430. The summed E-state index contributed by atoms with van der Waals surface area (Å²) in [4.78, 5) is 48.4.